The molecule has 15 heavy (non-hydrogen) atoms. The Morgan fingerprint density at radius 1 is 1.33 bits per heavy atom. The van der Waals surface area contributed by atoms with Crippen LogP contribution in [-0.2, 0) is 0 Å². The zero-order chi connectivity index (χ0) is 10.8. The summed E-state index contributed by atoms with van der Waals surface area (Å²) in [7, 11) is 1.84. The van der Waals surface area contributed by atoms with Gasteiger partial charge in [-0.05, 0) is 12.1 Å². The Hall–Kier alpha value is -1.45. The van der Waals surface area contributed by atoms with Gasteiger partial charge in [0.05, 0.1) is 6.34 Å². The van der Waals surface area contributed by atoms with Gasteiger partial charge in [-0.15, -0.1) is 0 Å². The summed E-state index contributed by atoms with van der Waals surface area (Å²) >= 11 is 0. The van der Waals surface area contributed by atoms with Gasteiger partial charge in [-0.1, -0.05) is 6.07 Å². The smallest absolute Gasteiger partial charge is 0.129 e. The Morgan fingerprint density at radius 3 is 2.60 bits per heavy atom. The van der Waals surface area contributed by atoms with Crippen molar-refractivity contribution in [1.82, 2.24) is 4.90 Å². The van der Waals surface area contributed by atoms with Gasteiger partial charge in [0, 0.05) is 31.6 Å². The molecule has 0 spiro atoms. The van der Waals surface area contributed by atoms with Gasteiger partial charge in [0.2, 0.25) is 0 Å². The fourth-order valence-corrected chi connectivity index (χ4v) is 1.85. The van der Waals surface area contributed by atoms with Crippen molar-refractivity contribution in [3.05, 3.63) is 35.4 Å². The van der Waals surface area contributed by atoms with E-state index in [0.717, 1.165) is 0 Å². The minimum absolute atomic E-state index is 0.154. The standard InChI is InChI=1S/C11H12F2N2/c1-15-6-8(5-14-7-15)11-9(12)3-2-4-10(11)13/h2-4,7-8H,5-6H2,1H3. The summed E-state index contributed by atoms with van der Waals surface area (Å²) in [6.07, 6.45) is 1.69. The topological polar surface area (TPSA) is 15.6 Å². The third-order valence-corrected chi connectivity index (χ3v) is 2.52. The molecule has 0 aromatic heterocycles. The van der Waals surface area contributed by atoms with E-state index in [-0.39, 0.29) is 11.5 Å². The van der Waals surface area contributed by atoms with E-state index in [2.05, 4.69) is 4.99 Å². The first-order valence-electron chi connectivity index (χ1n) is 4.82. The lowest BCUT2D eigenvalue weighted by Gasteiger charge is -2.26. The lowest BCUT2D eigenvalue weighted by Crippen LogP contribution is -2.30. The van der Waals surface area contributed by atoms with Crippen LogP contribution in [0.5, 0.6) is 0 Å². The molecule has 1 aromatic rings. The van der Waals surface area contributed by atoms with Gasteiger partial charge in [-0.3, -0.25) is 4.99 Å². The Labute approximate surface area is 87.2 Å². The van der Waals surface area contributed by atoms with Crippen LogP contribution >= 0.6 is 0 Å². The van der Waals surface area contributed by atoms with E-state index >= 15 is 0 Å². The lowest BCUT2D eigenvalue weighted by molar-refractivity contribution is 0.416. The monoisotopic (exact) mass is 210 g/mol. The average Bonchev–Trinajstić information content (AvgIpc) is 2.17. The molecule has 0 radical (unpaired) electrons. The van der Waals surface area contributed by atoms with Crippen LogP contribution in [0.1, 0.15) is 11.5 Å². The first-order valence-corrected chi connectivity index (χ1v) is 4.82. The van der Waals surface area contributed by atoms with Crippen molar-refractivity contribution in [1.29, 1.82) is 0 Å². The van der Waals surface area contributed by atoms with Crippen molar-refractivity contribution >= 4 is 6.34 Å². The molecule has 0 saturated carbocycles. The molecule has 0 N–H and O–H groups in total. The van der Waals surface area contributed by atoms with E-state index in [1.54, 1.807) is 6.34 Å². The third kappa shape index (κ3) is 1.98. The zero-order valence-electron chi connectivity index (χ0n) is 8.45. The number of aliphatic imine (C=N–C) groups is 1. The van der Waals surface area contributed by atoms with E-state index < -0.39 is 11.6 Å². The molecule has 2 rings (SSSR count). The molecule has 1 aliphatic rings. The summed E-state index contributed by atoms with van der Waals surface area (Å²) in [6.45, 7) is 1.05. The van der Waals surface area contributed by atoms with E-state index in [9.17, 15) is 8.78 Å². The highest BCUT2D eigenvalue weighted by atomic mass is 19.1. The van der Waals surface area contributed by atoms with E-state index in [1.165, 1.54) is 18.2 Å². The summed E-state index contributed by atoms with van der Waals surface area (Å²) in [4.78, 5) is 5.90. The van der Waals surface area contributed by atoms with E-state index in [4.69, 9.17) is 0 Å². The SMILES string of the molecule is CN1C=NCC(c2c(F)cccc2F)C1. The molecule has 1 aromatic carbocycles. The fraction of sp³-hybridized carbons (Fsp3) is 0.364. The molecule has 0 aliphatic carbocycles. The van der Waals surface area contributed by atoms with Gasteiger partial charge in [-0.25, -0.2) is 8.78 Å². The summed E-state index contributed by atoms with van der Waals surface area (Å²) in [6, 6.07) is 3.96. The quantitative estimate of drug-likeness (QED) is 0.692. The summed E-state index contributed by atoms with van der Waals surface area (Å²) < 4.78 is 26.9. The lowest BCUT2D eigenvalue weighted by atomic mass is 9.97. The maximum Gasteiger partial charge on any atom is 0.129 e. The van der Waals surface area contributed by atoms with Crippen LogP contribution in [0.3, 0.4) is 0 Å². The van der Waals surface area contributed by atoms with E-state index in [1.807, 2.05) is 11.9 Å². The second kappa shape index (κ2) is 3.96. The number of likely N-dealkylation sites (N-methyl/N-ethyl adjacent to an activating group) is 1. The second-order valence-corrected chi connectivity index (χ2v) is 3.75. The number of nitrogens with zero attached hydrogens (tertiary/aromatic N) is 2. The van der Waals surface area contributed by atoms with Crippen molar-refractivity contribution in [3.63, 3.8) is 0 Å². The first kappa shape index (κ1) is 10.1. The molecule has 1 unspecified atom stereocenters. The molecule has 1 atom stereocenters. The van der Waals surface area contributed by atoms with Gasteiger partial charge >= 0.3 is 0 Å². The fourth-order valence-electron chi connectivity index (χ4n) is 1.85. The van der Waals surface area contributed by atoms with Crippen molar-refractivity contribution in [2.24, 2.45) is 4.99 Å². The number of halogens is 2. The molecule has 0 saturated heterocycles. The second-order valence-electron chi connectivity index (χ2n) is 3.75. The highest BCUT2D eigenvalue weighted by molar-refractivity contribution is 5.56. The predicted octanol–water partition coefficient (Wildman–Crippen LogP) is 2.02. The highest BCUT2D eigenvalue weighted by Crippen LogP contribution is 2.24. The maximum atomic E-state index is 13.5. The van der Waals surface area contributed by atoms with Crippen LogP contribution in [0.2, 0.25) is 0 Å². The van der Waals surface area contributed by atoms with Crippen molar-refractivity contribution < 1.29 is 8.78 Å². The van der Waals surface area contributed by atoms with Crippen LogP contribution in [0.25, 0.3) is 0 Å². The third-order valence-electron chi connectivity index (χ3n) is 2.52. The molecule has 0 fully saturated rings. The number of rotatable bonds is 1. The van der Waals surface area contributed by atoms with Gasteiger partial charge in [0.25, 0.3) is 0 Å². The maximum absolute atomic E-state index is 13.5. The normalized spacial score (nSPS) is 20.7. The molecule has 1 heterocycles. The Kier molecular flexibility index (Phi) is 2.66. The van der Waals surface area contributed by atoms with Crippen molar-refractivity contribution in [2.45, 2.75) is 5.92 Å². The van der Waals surface area contributed by atoms with Gasteiger partial charge in [0.1, 0.15) is 11.6 Å². The van der Waals surface area contributed by atoms with Crippen molar-refractivity contribution in [2.75, 3.05) is 20.1 Å². The molecule has 80 valence electrons. The van der Waals surface area contributed by atoms with Crippen LogP contribution < -0.4 is 0 Å². The van der Waals surface area contributed by atoms with Gasteiger partial charge in [0.15, 0.2) is 0 Å². The largest absolute Gasteiger partial charge is 0.365 e. The minimum atomic E-state index is -0.481. The molecular formula is C11H12F2N2. The molecule has 0 bridgehead atoms. The van der Waals surface area contributed by atoms with E-state index in [0.29, 0.717) is 13.1 Å². The molecule has 1 aliphatic heterocycles. The van der Waals surface area contributed by atoms with Gasteiger partial charge in [-0.2, -0.15) is 0 Å². The summed E-state index contributed by atoms with van der Waals surface area (Å²) in [5.74, 6) is -1.16. The predicted molar refractivity (Wildman–Crippen MR) is 55.1 cm³/mol. The van der Waals surface area contributed by atoms with Crippen LogP contribution in [-0.4, -0.2) is 31.4 Å². The molecule has 4 heteroatoms. The van der Waals surface area contributed by atoms with Gasteiger partial charge < -0.3 is 4.90 Å². The first-order chi connectivity index (χ1) is 7.18. The van der Waals surface area contributed by atoms with Crippen LogP contribution in [0.4, 0.5) is 8.78 Å². The molecule has 2 nitrogen and oxygen atoms in total. The van der Waals surface area contributed by atoms with Crippen LogP contribution in [0, 0.1) is 11.6 Å². The summed E-state index contributed by atoms with van der Waals surface area (Å²) in [5, 5.41) is 0. The molecule has 0 amide bonds. The minimum Gasteiger partial charge on any atom is -0.365 e. The zero-order valence-corrected chi connectivity index (χ0v) is 8.45. The summed E-state index contributed by atoms with van der Waals surface area (Å²) in [5.41, 5.74) is 0.154. The van der Waals surface area contributed by atoms with Crippen molar-refractivity contribution in [3.8, 4) is 0 Å². The number of hydrogen-bond acceptors (Lipinski definition) is 2. The highest BCUT2D eigenvalue weighted by Gasteiger charge is 2.22. The number of benzene rings is 1. The Bertz CT molecular complexity index is 370. The number of hydrogen-bond donors (Lipinski definition) is 0. The Morgan fingerprint density at radius 2 is 2.00 bits per heavy atom. The Balaban J connectivity index is 2.33. The molecular weight excluding hydrogens is 198 g/mol. The van der Waals surface area contributed by atoms with Crippen LogP contribution in [0.15, 0.2) is 23.2 Å². The average molecular weight is 210 g/mol.